The number of nitrogens with zero attached hydrogens (tertiary/aromatic N) is 1. The van der Waals surface area contributed by atoms with E-state index in [0.29, 0.717) is 21.0 Å². The van der Waals surface area contributed by atoms with Crippen molar-refractivity contribution in [3.05, 3.63) is 45.3 Å². The fourth-order valence-corrected chi connectivity index (χ4v) is 2.57. The normalized spacial score (nSPS) is 10.2. The third kappa shape index (κ3) is 2.55. The lowest BCUT2D eigenvalue weighted by molar-refractivity contribution is -0.384. The maximum Gasteiger partial charge on any atom is 0.350 e. The number of non-ortho nitro benzene ring substituents is 1. The van der Waals surface area contributed by atoms with Crippen molar-refractivity contribution in [2.75, 3.05) is 12.8 Å². The molecule has 0 aliphatic heterocycles. The average molecular weight is 278 g/mol. The summed E-state index contributed by atoms with van der Waals surface area (Å²) >= 11 is 1.14. The first-order chi connectivity index (χ1) is 9.02. The molecule has 0 bridgehead atoms. The Morgan fingerprint density at radius 3 is 2.79 bits per heavy atom. The largest absolute Gasteiger partial charge is 0.465 e. The first-order valence-corrected chi connectivity index (χ1v) is 6.07. The first kappa shape index (κ1) is 13.0. The second-order valence-electron chi connectivity index (χ2n) is 3.69. The molecule has 0 unspecified atom stereocenters. The number of ether oxygens (including phenoxy) is 1. The molecule has 6 nitrogen and oxygen atoms in total. The number of nitro benzene ring substituents is 1. The molecule has 0 aliphatic carbocycles. The number of thiophene rings is 1. The molecule has 0 spiro atoms. The van der Waals surface area contributed by atoms with Crippen molar-refractivity contribution < 1.29 is 14.5 Å². The zero-order valence-corrected chi connectivity index (χ0v) is 10.8. The second kappa shape index (κ2) is 5.07. The SMILES string of the molecule is COC(=O)c1sc(-c2cccc([N+](=O)[O-])c2)cc1N. The fraction of sp³-hybridized carbons (Fsp3) is 0.0833. The summed E-state index contributed by atoms with van der Waals surface area (Å²) in [6.07, 6.45) is 0. The predicted octanol–water partition coefficient (Wildman–Crippen LogP) is 2.69. The van der Waals surface area contributed by atoms with Crippen LogP contribution in [0.5, 0.6) is 0 Å². The Bertz CT molecular complexity index is 651. The maximum absolute atomic E-state index is 11.5. The van der Waals surface area contributed by atoms with Crippen molar-refractivity contribution in [2.45, 2.75) is 0 Å². The van der Waals surface area contributed by atoms with Gasteiger partial charge in [0.1, 0.15) is 4.88 Å². The van der Waals surface area contributed by atoms with Crippen LogP contribution in [0.3, 0.4) is 0 Å². The molecule has 0 amide bonds. The molecule has 0 aliphatic rings. The quantitative estimate of drug-likeness (QED) is 0.529. The van der Waals surface area contributed by atoms with Gasteiger partial charge in [-0.25, -0.2) is 4.79 Å². The summed E-state index contributed by atoms with van der Waals surface area (Å²) in [6.45, 7) is 0. The number of rotatable bonds is 3. The van der Waals surface area contributed by atoms with Crippen LogP contribution in [0.25, 0.3) is 10.4 Å². The van der Waals surface area contributed by atoms with Crippen LogP contribution >= 0.6 is 11.3 Å². The lowest BCUT2D eigenvalue weighted by Gasteiger charge is -1.97. The Kier molecular flexibility index (Phi) is 3.48. The minimum Gasteiger partial charge on any atom is -0.465 e. The Morgan fingerprint density at radius 1 is 1.42 bits per heavy atom. The van der Waals surface area contributed by atoms with Crippen LogP contribution in [0.2, 0.25) is 0 Å². The van der Waals surface area contributed by atoms with Crippen LogP contribution in [0, 0.1) is 10.1 Å². The smallest absolute Gasteiger partial charge is 0.350 e. The molecular formula is C12H10N2O4S. The van der Waals surface area contributed by atoms with E-state index in [2.05, 4.69) is 4.74 Å². The predicted molar refractivity (Wildman–Crippen MR) is 72.2 cm³/mol. The van der Waals surface area contributed by atoms with Crippen LogP contribution in [-0.2, 0) is 4.74 Å². The number of carbonyl (C=O) groups is 1. The van der Waals surface area contributed by atoms with Gasteiger partial charge >= 0.3 is 5.97 Å². The third-order valence-electron chi connectivity index (χ3n) is 2.47. The van der Waals surface area contributed by atoms with Gasteiger partial charge in [0.15, 0.2) is 0 Å². The van der Waals surface area contributed by atoms with E-state index < -0.39 is 10.9 Å². The summed E-state index contributed by atoms with van der Waals surface area (Å²) < 4.78 is 4.61. The Labute approximate surface area is 112 Å². The number of esters is 1. The van der Waals surface area contributed by atoms with E-state index >= 15 is 0 Å². The lowest BCUT2D eigenvalue weighted by atomic mass is 10.1. The minimum atomic E-state index is -0.515. The van der Waals surface area contributed by atoms with Crippen molar-refractivity contribution in [1.82, 2.24) is 0 Å². The van der Waals surface area contributed by atoms with Gasteiger partial charge in [0, 0.05) is 17.0 Å². The van der Waals surface area contributed by atoms with Crippen LogP contribution < -0.4 is 5.73 Å². The zero-order chi connectivity index (χ0) is 14.0. The highest BCUT2D eigenvalue weighted by Crippen LogP contribution is 2.34. The number of nitro groups is 1. The number of hydrogen-bond acceptors (Lipinski definition) is 6. The molecule has 2 aromatic rings. The van der Waals surface area contributed by atoms with E-state index in [0.717, 1.165) is 11.3 Å². The van der Waals surface area contributed by atoms with Gasteiger partial charge in [-0.15, -0.1) is 11.3 Å². The standard InChI is InChI=1S/C12H10N2O4S/c1-18-12(15)11-9(13)6-10(19-11)7-3-2-4-8(5-7)14(16)17/h2-6H,13H2,1H3. The molecule has 0 saturated heterocycles. The molecule has 7 heteroatoms. The van der Waals surface area contributed by atoms with Crippen molar-refractivity contribution in [2.24, 2.45) is 0 Å². The highest BCUT2D eigenvalue weighted by Gasteiger charge is 2.16. The highest BCUT2D eigenvalue weighted by atomic mass is 32.1. The molecule has 1 heterocycles. The van der Waals surface area contributed by atoms with E-state index in [-0.39, 0.29) is 5.69 Å². The van der Waals surface area contributed by atoms with Gasteiger partial charge in [0.05, 0.1) is 17.7 Å². The minimum absolute atomic E-state index is 0.0101. The average Bonchev–Trinajstić information content (AvgIpc) is 2.80. The molecule has 0 fully saturated rings. The number of nitrogens with two attached hydrogens (primary N) is 1. The zero-order valence-electron chi connectivity index (χ0n) is 9.95. The number of hydrogen-bond donors (Lipinski definition) is 1. The van der Waals surface area contributed by atoms with E-state index in [9.17, 15) is 14.9 Å². The van der Waals surface area contributed by atoms with Crippen molar-refractivity contribution in [3.8, 4) is 10.4 Å². The molecule has 1 aromatic carbocycles. The molecule has 0 atom stereocenters. The second-order valence-corrected chi connectivity index (χ2v) is 4.75. The third-order valence-corrected chi connectivity index (χ3v) is 3.65. The van der Waals surface area contributed by atoms with E-state index in [1.807, 2.05) is 0 Å². The summed E-state index contributed by atoms with van der Waals surface area (Å²) in [5, 5.41) is 10.7. The molecule has 2 N–H and O–H groups in total. The van der Waals surface area contributed by atoms with E-state index in [4.69, 9.17) is 5.73 Å². The number of carbonyl (C=O) groups excluding carboxylic acids is 1. The topological polar surface area (TPSA) is 95.5 Å². The Hall–Kier alpha value is -2.41. The van der Waals surface area contributed by atoms with Crippen LogP contribution in [0.1, 0.15) is 9.67 Å². The molecule has 0 radical (unpaired) electrons. The van der Waals surface area contributed by atoms with Gasteiger partial charge < -0.3 is 10.5 Å². The Morgan fingerprint density at radius 2 is 2.16 bits per heavy atom. The molecule has 19 heavy (non-hydrogen) atoms. The Balaban J connectivity index is 2.45. The number of anilines is 1. The molecular weight excluding hydrogens is 268 g/mol. The molecule has 98 valence electrons. The van der Waals surface area contributed by atoms with Crippen LogP contribution in [0.4, 0.5) is 11.4 Å². The van der Waals surface area contributed by atoms with Gasteiger partial charge in [0.2, 0.25) is 0 Å². The van der Waals surface area contributed by atoms with Gasteiger partial charge in [-0.3, -0.25) is 10.1 Å². The summed E-state index contributed by atoms with van der Waals surface area (Å²) in [4.78, 5) is 22.7. The summed E-state index contributed by atoms with van der Waals surface area (Å²) in [5.74, 6) is -0.515. The van der Waals surface area contributed by atoms with Crippen LogP contribution in [-0.4, -0.2) is 18.0 Å². The van der Waals surface area contributed by atoms with E-state index in [1.54, 1.807) is 18.2 Å². The highest BCUT2D eigenvalue weighted by molar-refractivity contribution is 7.18. The number of benzene rings is 1. The monoisotopic (exact) mass is 278 g/mol. The summed E-state index contributed by atoms with van der Waals surface area (Å²) in [7, 11) is 1.27. The van der Waals surface area contributed by atoms with Gasteiger partial charge in [0.25, 0.3) is 5.69 Å². The summed E-state index contributed by atoms with van der Waals surface area (Å²) in [6, 6.07) is 7.75. The van der Waals surface area contributed by atoms with Crippen LogP contribution in [0.15, 0.2) is 30.3 Å². The molecule has 2 rings (SSSR count). The lowest BCUT2D eigenvalue weighted by Crippen LogP contribution is -2.00. The number of nitrogen functional groups attached to an aromatic ring is 1. The van der Waals surface area contributed by atoms with Crippen molar-refractivity contribution >= 4 is 28.7 Å². The number of methoxy groups -OCH3 is 1. The maximum atomic E-state index is 11.5. The van der Waals surface area contributed by atoms with Crippen molar-refractivity contribution in [1.29, 1.82) is 0 Å². The summed E-state index contributed by atoms with van der Waals surface area (Å²) in [5.41, 5.74) is 6.66. The van der Waals surface area contributed by atoms with E-state index in [1.165, 1.54) is 19.2 Å². The molecule has 1 aromatic heterocycles. The first-order valence-electron chi connectivity index (χ1n) is 5.25. The molecule has 0 saturated carbocycles. The van der Waals surface area contributed by atoms with Gasteiger partial charge in [-0.1, -0.05) is 12.1 Å². The fourth-order valence-electron chi connectivity index (χ4n) is 1.57. The van der Waals surface area contributed by atoms with Gasteiger partial charge in [-0.05, 0) is 11.6 Å². The van der Waals surface area contributed by atoms with Gasteiger partial charge in [-0.2, -0.15) is 0 Å². The van der Waals surface area contributed by atoms with Crippen molar-refractivity contribution in [3.63, 3.8) is 0 Å².